The van der Waals surface area contributed by atoms with Gasteiger partial charge in [-0.2, -0.15) is 0 Å². The second-order valence-electron chi connectivity index (χ2n) is 6.24. The fourth-order valence-electron chi connectivity index (χ4n) is 3.41. The second-order valence-corrected chi connectivity index (χ2v) is 6.24. The summed E-state index contributed by atoms with van der Waals surface area (Å²) in [6.07, 6.45) is 5.47. The zero-order valence-corrected chi connectivity index (χ0v) is 10.9. The third kappa shape index (κ3) is 2.28. The summed E-state index contributed by atoms with van der Waals surface area (Å²) >= 11 is 0. The molecule has 1 heterocycles. The molecule has 0 aromatic rings. The highest BCUT2D eigenvalue weighted by Crippen LogP contribution is 2.40. The van der Waals surface area contributed by atoms with E-state index >= 15 is 0 Å². The third-order valence-corrected chi connectivity index (χ3v) is 4.96. The van der Waals surface area contributed by atoms with Crippen molar-refractivity contribution in [1.29, 1.82) is 0 Å². The van der Waals surface area contributed by atoms with Gasteiger partial charge in [0.25, 0.3) is 0 Å². The number of hydrogen-bond acceptors (Lipinski definition) is 2. The fraction of sp³-hybridized carbons (Fsp3) is 1.00. The van der Waals surface area contributed by atoms with E-state index in [9.17, 15) is 5.11 Å². The van der Waals surface area contributed by atoms with Crippen LogP contribution in [-0.2, 0) is 4.74 Å². The second kappa shape index (κ2) is 4.66. The van der Waals surface area contributed by atoms with Crippen molar-refractivity contribution in [3.05, 3.63) is 0 Å². The van der Waals surface area contributed by atoms with E-state index in [1.807, 2.05) is 0 Å². The van der Waals surface area contributed by atoms with E-state index in [-0.39, 0.29) is 11.7 Å². The van der Waals surface area contributed by atoms with Gasteiger partial charge in [-0.1, -0.05) is 20.3 Å². The summed E-state index contributed by atoms with van der Waals surface area (Å²) in [6, 6.07) is 0. The van der Waals surface area contributed by atoms with E-state index in [1.54, 1.807) is 0 Å². The molecule has 2 nitrogen and oxygen atoms in total. The van der Waals surface area contributed by atoms with Crippen LogP contribution in [0.2, 0.25) is 0 Å². The fourth-order valence-corrected chi connectivity index (χ4v) is 3.41. The molecule has 0 spiro atoms. The van der Waals surface area contributed by atoms with Gasteiger partial charge in [0.15, 0.2) is 0 Å². The van der Waals surface area contributed by atoms with Gasteiger partial charge in [0.2, 0.25) is 0 Å². The summed E-state index contributed by atoms with van der Waals surface area (Å²) in [5, 5.41) is 10.5. The summed E-state index contributed by atoms with van der Waals surface area (Å²) in [7, 11) is 0. The molecule has 2 heteroatoms. The molecule has 1 saturated heterocycles. The molecule has 1 saturated carbocycles. The molecule has 0 amide bonds. The number of aliphatic hydroxyl groups excluding tert-OH is 1. The number of aliphatic hydroxyl groups is 1. The molecule has 0 radical (unpaired) electrons. The van der Waals surface area contributed by atoms with Gasteiger partial charge in [-0.05, 0) is 50.4 Å². The molecule has 1 aliphatic heterocycles. The maximum atomic E-state index is 10.5. The lowest BCUT2D eigenvalue weighted by molar-refractivity contribution is -0.112. The molecule has 2 aliphatic rings. The number of hydrogen-bond donors (Lipinski definition) is 1. The van der Waals surface area contributed by atoms with Crippen LogP contribution in [0.3, 0.4) is 0 Å². The first-order valence-electron chi connectivity index (χ1n) is 6.85. The standard InChI is InChI=1S/C14H26O2/c1-10-5-6-12(9-11(10)2)13(15)14(3)7-4-8-16-14/h10-13,15H,4-9H2,1-3H3. The van der Waals surface area contributed by atoms with Crippen LogP contribution in [0.15, 0.2) is 0 Å². The minimum atomic E-state index is -0.259. The van der Waals surface area contributed by atoms with E-state index in [2.05, 4.69) is 20.8 Å². The first kappa shape index (κ1) is 12.4. The monoisotopic (exact) mass is 226 g/mol. The highest BCUT2D eigenvalue weighted by atomic mass is 16.5. The lowest BCUT2D eigenvalue weighted by Crippen LogP contribution is -2.45. The van der Waals surface area contributed by atoms with E-state index < -0.39 is 0 Å². The predicted molar refractivity (Wildman–Crippen MR) is 65.3 cm³/mol. The van der Waals surface area contributed by atoms with Gasteiger partial charge in [0.05, 0.1) is 11.7 Å². The van der Waals surface area contributed by atoms with Gasteiger partial charge in [-0.25, -0.2) is 0 Å². The van der Waals surface area contributed by atoms with Crippen LogP contribution in [0.4, 0.5) is 0 Å². The van der Waals surface area contributed by atoms with Gasteiger partial charge >= 0.3 is 0 Å². The quantitative estimate of drug-likeness (QED) is 0.784. The Balaban J connectivity index is 1.97. The molecule has 1 aliphatic carbocycles. The largest absolute Gasteiger partial charge is 0.390 e. The molecule has 16 heavy (non-hydrogen) atoms. The van der Waals surface area contributed by atoms with Crippen LogP contribution < -0.4 is 0 Å². The van der Waals surface area contributed by atoms with Gasteiger partial charge in [0, 0.05) is 6.61 Å². The van der Waals surface area contributed by atoms with Crippen LogP contribution >= 0.6 is 0 Å². The molecule has 5 unspecified atom stereocenters. The van der Waals surface area contributed by atoms with Crippen molar-refractivity contribution < 1.29 is 9.84 Å². The molecule has 94 valence electrons. The smallest absolute Gasteiger partial charge is 0.0915 e. The van der Waals surface area contributed by atoms with Crippen molar-refractivity contribution >= 4 is 0 Å². The molecule has 5 atom stereocenters. The van der Waals surface area contributed by atoms with Crippen molar-refractivity contribution in [2.75, 3.05) is 6.61 Å². The normalized spacial score (nSPS) is 46.9. The summed E-state index contributed by atoms with van der Waals surface area (Å²) in [5.74, 6) is 2.02. The first-order chi connectivity index (χ1) is 7.53. The van der Waals surface area contributed by atoms with Gasteiger partial charge < -0.3 is 9.84 Å². The van der Waals surface area contributed by atoms with Crippen molar-refractivity contribution in [2.45, 2.75) is 64.6 Å². The Kier molecular flexibility index (Phi) is 3.60. The zero-order chi connectivity index (χ0) is 11.8. The van der Waals surface area contributed by atoms with Gasteiger partial charge in [-0.15, -0.1) is 0 Å². The number of ether oxygens (including phenoxy) is 1. The molecular formula is C14H26O2. The summed E-state index contributed by atoms with van der Waals surface area (Å²) < 4.78 is 5.77. The topological polar surface area (TPSA) is 29.5 Å². The Hall–Kier alpha value is -0.0800. The SMILES string of the molecule is CC1CCC(C(O)C2(C)CCCO2)CC1C. The first-order valence-corrected chi connectivity index (χ1v) is 6.85. The van der Waals surface area contributed by atoms with E-state index in [0.717, 1.165) is 31.3 Å². The maximum Gasteiger partial charge on any atom is 0.0915 e. The lowest BCUT2D eigenvalue weighted by Gasteiger charge is -2.40. The summed E-state index contributed by atoms with van der Waals surface area (Å²) in [4.78, 5) is 0. The lowest BCUT2D eigenvalue weighted by atomic mass is 9.71. The van der Waals surface area contributed by atoms with E-state index in [0.29, 0.717) is 5.92 Å². The maximum absolute atomic E-state index is 10.5. The molecule has 1 N–H and O–H groups in total. The van der Waals surface area contributed by atoms with E-state index in [4.69, 9.17) is 4.74 Å². The summed E-state index contributed by atoms with van der Waals surface area (Å²) in [6.45, 7) is 7.57. The molecule has 2 fully saturated rings. The van der Waals surface area contributed by atoms with Crippen molar-refractivity contribution in [2.24, 2.45) is 17.8 Å². The molecule has 0 aromatic heterocycles. The Morgan fingerprint density at radius 3 is 2.56 bits per heavy atom. The van der Waals surface area contributed by atoms with Gasteiger partial charge in [-0.3, -0.25) is 0 Å². The number of rotatable bonds is 2. The van der Waals surface area contributed by atoms with Crippen LogP contribution in [0, 0.1) is 17.8 Å². The minimum Gasteiger partial charge on any atom is -0.390 e. The Morgan fingerprint density at radius 1 is 1.25 bits per heavy atom. The van der Waals surface area contributed by atoms with Crippen molar-refractivity contribution in [3.63, 3.8) is 0 Å². The van der Waals surface area contributed by atoms with Crippen LogP contribution in [0.25, 0.3) is 0 Å². The molecule has 0 aromatic carbocycles. The highest BCUT2D eigenvalue weighted by molar-refractivity contribution is 4.93. The van der Waals surface area contributed by atoms with Crippen LogP contribution in [0.5, 0.6) is 0 Å². The average molecular weight is 226 g/mol. The molecular weight excluding hydrogens is 200 g/mol. The Bertz CT molecular complexity index is 233. The average Bonchev–Trinajstić information content (AvgIpc) is 2.70. The third-order valence-electron chi connectivity index (χ3n) is 4.96. The highest BCUT2D eigenvalue weighted by Gasteiger charge is 2.43. The zero-order valence-electron chi connectivity index (χ0n) is 10.9. The molecule has 2 rings (SSSR count). The van der Waals surface area contributed by atoms with Crippen LogP contribution in [0.1, 0.15) is 52.9 Å². The van der Waals surface area contributed by atoms with Crippen molar-refractivity contribution in [3.8, 4) is 0 Å². The van der Waals surface area contributed by atoms with Gasteiger partial charge in [0.1, 0.15) is 0 Å². The predicted octanol–water partition coefficient (Wildman–Crippen LogP) is 2.99. The van der Waals surface area contributed by atoms with E-state index in [1.165, 1.54) is 19.3 Å². The van der Waals surface area contributed by atoms with Crippen LogP contribution in [-0.4, -0.2) is 23.4 Å². The minimum absolute atomic E-state index is 0.259. The summed E-state index contributed by atoms with van der Waals surface area (Å²) in [5.41, 5.74) is -0.259. The Labute approximate surface area is 99.4 Å². The van der Waals surface area contributed by atoms with Crippen molar-refractivity contribution in [1.82, 2.24) is 0 Å². The Morgan fingerprint density at radius 2 is 2.00 bits per heavy atom. The molecule has 0 bridgehead atoms.